The first-order valence-corrected chi connectivity index (χ1v) is 12.9. The van der Waals surface area contributed by atoms with E-state index >= 15 is 0 Å². The summed E-state index contributed by atoms with van der Waals surface area (Å²) in [6, 6.07) is 5.78. The van der Waals surface area contributed by atoms with Gasteiger partial charge in [0.15, 0.2) is 0 Å². The van der Waals surface area contributed by atoms with E-state index in [0.29, 0.717) is 29.1 Å². The van der Waals surface area contributed by atoms with Gasteiger partial charge in [-0.15, -0.1) is 0 Å². The molecule has 2 N–H and O–H groups in total. The Morgan fingerprint density at radius 2 is 2.12 bits per heavy atom. The zero-order chi connectivity index (χ0) is 21.9. The molecule has 4 heterocycles. The molecule has 0 unspecified atom stereocenters. The van der Waals surface area contributed by atoms with Gasteiger partial charge < -0.3 is 19.7 Å². The number of anilines is 2. The van der Waals surface area contributed by atoms with E-state index in [9.17, 15) is 9.32 Å². The number of nitrogens with one attached hydrogen (secondary N) is 1. The smallest absolute Gasteiger partial charge is 0.228 e. The fraction of sp³-hybridized carbons (Fsp3) is 0.478. The minimum Gasteiger partial charge on any atom is -0.459 e. The molecule has 1 saturated carbocycles. The zero-order valence-corrected chi connectivity index (χ0v) is 19.3. The lowest BCUT2D eigenvalue weighted by Gasteiger charge is -2.42. The Kier molecular flexibility index (Phi) is 4.93. The van der Waals surface area contributed by atoms with Crippen molar-refractivity contribution in [2.75, 3.05) is 29.1 Å². The molecule has 168 valence electrons. The van der Waals surface area contributed by atoms with Gasteiger partial charge in [-0.05, 0) is 50.7 Å². The number of aryl methyl sites for hydroxylation is 1. The summed E-state index contributed by atoms with van der Waals surface area (Å²) in [5.41, 5.74) is 2.52. The van der Waals surface area contributed by atoms with Crippen LogP contribution in [-0.4, -0.2) is 43.7 Å². The highest BCUT2D eigenvalue weighted by molar-refractivity contribution is 7.85. The van der Waals surface area contributed by atoms with Gasteiger partial charge >= 0.3 is 0 Å². The molecule has 0 saturated heterocycles. The average molecular weight is 473 g/mol. The first-order valence-electron chi connectivity index (χ1n) is 11.2. The van der Waals surface area contributed by atoms with E-state index in [1.54, 1.807) is 0 Å². The van der Waals surface area contributed by atoms with Crippen molar-refractivity contribution < 1.29 is 13.7 Å². The van der Waals surface area contributed by atoms with Crippen LogP contribution in [0.25, 0.3) is 11.0 Å². The van der Waals surface area contributed by atoms with Crippen LogP contribution in [0, 0.1) is 0 Å². The molecule has 2 aromatic heterocycles. The van der Waals surface area contributed by atoms with Gasteiger partial charge in [-0.2, -0.15) is 4.98 Å². The predicted molar refractivity (Wildman–Crippen MR) is 125 cm³/mol. The van der Waals surface area contributed by atoms with E-state index in [2.05, 4.69) is 10.2 Å². The number of benzene rings is 1. The molecule has 1 aliphatic carbocycles. The van der Waals surface area contributed by atoms with Crippen molar-refractivity contribution in [3.63, 3.8) is 0 Å². The van der Waals surface area contributed by atoms with Crippen molar-refractivity contribution >= 4 is 45.1 Å². The summed E-state index contributed by atoms with van der Waals surface area (Å²) in [7, 11) is -1.12. The molecule has 0 amide bonds. The van der Waals surface area contributed by atoms with Crippen LogP contribution in [0.4, 0.5) is 11.8 Å². The van der Waals surface area contributed by atoms with Crippen LogP contribution in [0.3, 0.4) is 0 Å². The Hall–Kier alpha value is -2.16. The number of hydrogen-bond acceptors (Lipinski definition) is 7. The first kappa shape index (κ1) is 20.4. The number of furan rings is 1. The number of aliphatic hydroxyl groups is 1. The van der Waals surface area contributed by atoms with Gasteiger partial charge in [0.2, 0.25) is 5.95 Å². The summed E-state index contributed by atoms with van der Waals surface area (Å²) in [5.74, 6) is 2.80. The van der Waals surface area contributed by atoms with Crippen LogP contribution in [0.1, 0.15) is 42.7 Å². The molecule has 0 radical (unpaired) electrons. The summed E-state index contributed by atoms with van der Waals surface area (Å²) in [4.78, 5) is 12.5. The van der Waals surface area contributed by atoms with Crippen molar-refractivity contribution in [2.24, 2.45) is 0 Å². The molecule has 0 bridgehead atoms. The van der Waals surface area contributed by atoms with Crippen molar-refractivity contribution in [2.45, 2.75) is 55.5 Å². The van der Waals surface area contributed by atoms with Gasteiger partial charge in [-0.1, -0.05) is 11.6 Å². The van der Waals surface area contributed by atoms with Gasteiger partial charge in [0.25, 0.3) is 0 Å². The van der Waals surface area contributed by atoms with Gasteiger partial charge in [0.1, 0.15) is 22.1 Å². The molecule has 1 aromatic carbocycles. The summed E-state index contributed by atoms with van der Waals surface area (Å²) >= 11 is 6.14. The molecule has 1 atom stereocenters. The van der Waals surface area contributed by atoms with E-state index in [1.807, 2.05) is 18.2 Å². The predicted octanol–water partition coefficient (Wildman–Crippen LogP) is 3.82. The second kappa shape index (κ2) is 7.71. The molecule has 0 spiro atoms. The molecule has 1 fully saturated rings. The second-order valence-electron chi connectivity index (χ2n) is 9.03. The minimum absolute atomic E-state index is 0.0440. The highest BCUT2D eigenvalue weighted by atomic mass is 35.5. The van der Waals surface area contributed by atoms with Crippen molar-refractivity contribution in [1.82, 2.24) is 9.97 Å². The monoisotopic (exact) mass is 472 g/mol. The maximum atomic E-state index is 12.9. The normalized spacial score (nSPS) is 21.7. The largest absolute Gasteiger partial charge is 0.459 e. The molecule has 7 nitrogen and oxygen atoms in total. The molecule has 32 heavy (non-hydrogen) atoms. The molecular weight excluding hydrogens is 448 g/mol. The second-order valence-corrected chi connectivity index (χ2v) is 11.0. The lowest BCUT2D eigenvalue weighted by Crippen LogP contribution is -2.49. The minimum atomic E-state index is -1.12. The van der Waals surface area contributed by atoms with Crippen LogP contribution in [0.2, 0.25) is 5.02 Å². The quantitative estimate of drug-likeness (QED) is 0.596. The number of aromatic nitrogens is 2. The third kappa shape index (κ3) is 3.31. The third-order valence-corrected chi connectivity index (χ3v) is 8.76. The summed E-state index contributed by atoms with van der Waals surface area (Å²) in [6.45, 7) is 1.40. The number of fused-ring (bicyclic) bond motifs is 4. The van der Waals surface area contributed by atoms with Crippen LogP contribution < -0.4 is 10.2 Å². The molecule has 2 aliphatic heterocycles. The van der Waals surface area contributed by atoms with Gasteiger partial charge in [0, 0.05) is 34.3 Å². The third-order valence-electron chi connectivity index (χ3n) is 6.98. The number of halogens is 1. The van der Waals surface area contributed by atoms with E-state index in [0.717, 1.165) is 72.4 Å². The lowest BCUT2D eigenvalue weighted by atomic mass is 9.77. The van der Waals surface area contributed by atoms with Crippen molar-refractivity contribution in [3.05, 3.63) is 40.2 Å². The lowest BCUT2D eigenvalue weighted by molar-refractivity contribution is 0.143. The Bertz CT molecular complexity index is 1230. The van der Waals surface area contributed by atoms with Gasteiger partial charge in [-0.3, -0.25) is 4.21 Å². The topological polar surface area (TPSA) is 91.5 Å². The van der Waals surface area contributed by atoms with Gasteiger partial charge in [-0.25, -0.2) is 4.98 Å². The standard InChI is InChI=1S/C23H25ClN4O3S/c24-14-4-5-15-16-6-9-28(12-19(16)31-18(15)11-14)22-25-17-3-1-10-32(30)20(17)21(26-22)27-23(13-29)7-2-8-23/h4-5,11,29H,1-3,6-10,12-13H2,(H,25,26,27)/t32-/m0/s1. The van der Waals surface area contributed by atoms with E-state index in [4.69, 9.17) is 26.0 Å². The van der Waals surface area contributed by atoms with Gasteiger partial charge in [0.05, 0.1) is 35.2 Å². The van der Waals surface area contributed by atoms with Crippen LogP contribution in [0.5, 0.6) is 0 Å². The van der Waals surface area contributed by atoms with Crippen LogP contribution >= 0.6 is 11.6 Å². The summed E-state index contributed by atoms with van der Waals surface area (Å²) in [5, 5.41) is 15.2. The molecular formula is C23H25ClN4O3S. The first-order chi connectivity index (χ1) is 15.5. The number of aliphatic hydroxyl groups excluding tert-OH is 1. The maximum Gasteiger partial charge on any atom is 0.228 e. The summed E-state index contributed by atoms with van der Waals surface area (Å²) in [6.07, 6.45) is 5.33. The Labute approximate surface area is 193 Å². The van der Waals surface area contributed by atoms with E-state index in [-0.39, 0.29) is 12.1 Å². The molecule has 6 rings (SSSR count). The van der Waals surface area contributed by atoms with E-state index in [1.165, 1.54) is 5.56 Å². The molecule has 3 aromatic rings. The summed E-state index contributed by atoms with van der Waals surface area (Å²) < 4.78 is 19.0. The zero-order valence-electron chi connectivity index (χ0n) is 17.7. The van der Waals surface area contributed by atoms with Crippen LogP contribution in [-0.2, 0) is 30.2 Å². The van der Waals surface area contributed by atoms with Crippen LogP contribution in [0.15, 0.2) is 27.5 Å². The Morgan fingerprint density at radius 3 is 2.91 bits per heavy atom. The Balaban J connectivity index is 1.38. The van der Waals surface area contributed by atoms with Crippen molar-refractivity contribution in [1.29, 1.82) is 0 Å². The fourth-order valence-electron chi connectivity index (χ4n) is 5.01. The average Bonchev–Trinajstić information content (AvgIpc) is 3.12. The highest BCUT2D eigenvalue weighted by Gasteiger charge is 2.39. The highest BCUT2D eigenvalue weighted by Crippen LogP contribution is 2.39. The number of hydrogen-bond donors (Lipinski definition) is 2. The molecule has 3 aliphatic rings. The maximum absolute atomic E-state index is 12.9. The SMILES string of the molecule is O=[S@]1CCCc2nc(N3CCc4c(oc5cc(Cl)ccc45)C3)nc(NC3(CO)CCC3)c21. The van der Waals surface area contributed by atoms with Crippen molar-refractivity contribution in [3.8, 4) is 0 Å². The van der Waals surface area contributed by atoms with E-state index < -0.39 is 10.8 Å². The fourth-order valence-corrected chi connectivity index (χ4v) is 6.51. The number of nitrogens with zero attached hydrogens (tertiary/aromatic N) is 3. The molecule has 9 heteroatoms. The number of rotatable bonds is 4. The Morgan fingerprint density at radius 1 is 1.25 bits per heavy atom.